The maximum Gasteiger partial charge on any atom is 0.269 e. The van der Waals surface area contributed by atoms with E-state index in [1.165, 1.54) is 18.2 Å². The van der Waals surface area contributed by atoms with Gasteiger partial charge in [-0.05, 0) is 61.6 Å². The van der Waals surface area contributed by atoms with Gasteiger partial charge in [-0.2, -0.15) is 0 Å². The molecule has 180 valence electrons. The minimum Gasteiger partial charge on any atom is -0.353 e. The third kappa shape index (κ3) is 5.92. The molecular formula is C26H32N4O4. The number of aromatic nitrogens is 1. The number of nitro benzene ring substituents is 1. The number of nitrogens with zero attached hydrogens (tertiary/aromatic N) is 4. The average molecular weight is 465 g/mol. The van der Waals surface area contributed by atoms with Crippen molar-refractivity contribution in [3.8, 4) is 0 Å². The van der Waals surface area contributed by atoms with Gasteiger partial charge in [-0.3, -0.25) is 19.7 Å². The van der Waals surface area contributed by atoms with Gasteiger partial charge in [-0.15, -0.1) is 0 Å². The SMILES string of the molecule is Cn1cccc1CN(C(=O)CN(C(=O)/C=C/c1ccc([N+](=O)[O-])cc1)C1CCCCC1)C1CC1. The molecule has 0 N–H and O–H groups in total. The van der Waals surface area contributed by atoms with Crippen molar-refractivity contribution < 1.29 is 14.5 Å². The molecule has 8 heteroatoms. The van der Waals surface area contributed by atoms with E-state index in [1.54, 1.807) is 23.1 Å². The van der Waals surface area contributed by atoms with E-state index in [0.29, 0.717) is 12.1 Å². The van der Waals surface area contributed by atoms with Gasteiger partial charge in [-0.1, -0.05) is 19.3 Å². The summed E-state index contributed by atoms with van der Waals surface area (Å²) in [6.07, 6.45) is 12.2. The van der Waals surface area contributed by atoms with E-state index in [1.807, 2.05) is 34.8 Å². The van der Waals surface area contributed by atoms with Gasteiger partial charge in [0.05, 0.1) is 11.5 Å². The highest BCUT2D eigenvalue weighted by Crippen LogP contribution is 2.30. The van der Waals surface area contributed by atoms with E-state index in [2.05, 4.69) is 0 Å². The van der Waals surface area contributed by atoms with Crippen molar-refractivity contribution in [2.45, 2.75) is 63.6 Å². The van der Waals surface area contributed by atoms with Crippen LogP contribution in [0.1, 0.15) is 56.2 Å². The van der Waals surface area contributed by atoms with Gasteiger partial charge in [0, 0.05) is 49.2 Å². The lowest BCUT2D eigenvalue weighted by atomic mass is 9.94. The lowest BCUT2D eigenvalue weighted by Gasteiger charge is -2.35. The molecule has 2 aliphatic rings. The molecule has 0 radical (unpaired) electrons. The normalized spacial score (nSPS) is 16.5. The molecule has 1 aromatic carbocycles. The predicted molar refractivity (Wildman–Crippen MR) is 130 cm³/mol. The molecular weight excluding hydrogens is 432 g/mol. The molecule has 0 bridgehead atoms. The fourth-order valence-corrected chi connectivity index (χ4v) is 4.63. The van der Waals surface area contributed by atoms with E-state index < -0.39 is 4.92 Å². The van der Waals surface area contributed by atoms with Gasteiger partial charge in [-0.25, -0.2) is 0 Å². The van der Waals surface area contributed by atoms with Crippen LogP contribution in [0.15, 0.2) is 48.7 Å². The Morgan fingerprint density at radius 1 is 1.03 bits per heavy atom. The molecule has 2 saturated carbocycles. The first-order valence-corrected chi connectivity index (χ1v) is 12.0. The Morgan fingerprint density at radius 2 is 1.71 bits per heavy atom. The number of rotatable bonds is 9. The van der Waals surface area contributed by atoms with Crippen LogP contribution in [0.3, 0.4) is 0 Å². The zero-order valence-electron chi connectivity index (χ0n) is 19.6. The number of carbonyl (C=O) groups excluding carboxylic acids is 2. The summed E-state index contributed by atoms with van der Waals surface area (Å²) in [5, 5.41) is 10.9. The van der Waals surface area contributed by atoms with Gasteiger partial charge in [0.25, 0.3) is 5.69 Å². The van der Waals surface area contributed by atoms with Crippen molar-refractivity contribution in [3.63, 3.8) is 0 Å². The molecule has 1 heterocycles. The molecule has 34 heavy (non-hydrogen) atoms. The lowest BCUT2D eigenvalue weighted by Crippen LogP contribution is -2.48. The molecule has 4 rings (SSSR count). The summed E-state index contributed by atoms with van der Waals surface area (Å²) in [5.41, 5.74) is 1.79. The molecule has 1 aromatic heterocycles. The number of aryl methyl sites for hydroxylation is 1. The first-order valence-electron chi connectivity index (χ1n) is 12.0. The minimum atomic E-state index is -0.448. The molecule has 8 nitrogen and oxygen atoms in total. The van der Waals surface area contributed by atoms with Crippen LogP contribution in [0.5, 0.6) is 0 Å². The van der Waals surface area contributed by atoms with E-state index in [4.69, 9.17) is 0 Å². The second-order valence-electron chi connectivity index (χ2n) is 9.30. The molecule has 0 spiro atoms. The van der Waals surface area contributed by atoms with Crippen LogP contribution in [0.2, 0.25) is 0 Å². The minimum absolute atomic E-state index is 0.00800. The molecule has 0 aliphatic heterocycles. The lowest BCUT2D eigenvalue weighted by molar-refractivity contribution is -0.384. The van der Waals surface area contributed by atoms with Crippen LogP contribution in [0, 0.1) is 10.1 Å². The average Bonchev–Trinajstić information content (AvgIpc) is 3.61. The topological polar surface area (TPSA) is 88.7 Å². The summed E-state index contributed by atoms with van der Waals surface area (Å²) in [7, 11) is 1.98. The summed E-state index contributed by atoms with van der Waals surface area (Å²) >= 11 is 0. The number of amides is 2. The number of carbonyl (C=O) groups is 2. The Labute approximate surface area is 200 Å². The fourth-order valence-electron chi connectivity index (χ4n) is 4.63. The predicted octanol–water partition coefficient (Wildman–Crippen LogP) is 4.30. The Hall–Kier alpha value is -3.42. The summed E-state index contributed by atoms with van der Waals surface area (Å²) < 4.78 is 2.03. The van der Waals surface area contributed by atoms with Crippen LogP contribution in [0.25, 0.3) is 6.08 Å². The molecule has 0 unspecified atom stereocenters. The highest BCUT2D eigenvalue weighted by molar-refractivity contribution is 5.94. The number of nitro groups is 1. The largest absolute Gasteiger partial charge is 0.353 e. The quantitative estimate of drug-likeness (QED) is 0.314. The van der Waals surface area contributed by atoms with Crippen molar-refractivity contribution >= 4 is 23.6 Å². The highest BCUT2D eigenvalue weighted by Gasteiger charge is 2.35. The molecule has 0 atom stereocenters. The second-order valence-corrected chi connectivity index (χ2v) is 9.30. The first kappa shape index (κ1) is 23.7. The highest BCUT2D eigenvalue weighted by atomic mass is 16.6. The molecule has 2 amide bonds. The smallest absolute Gasteiger partial charge is 0.269 e. The van der Waals surface area contributed by atoms with Gasteiger partial charge in [0.1, 0.15) is 6.54 Å². The van der Waals surface area contributed by atoms with Gasteiger partial charge < -0.3 is 14.4 Å². The number of non-ortho nitro benzene ring substituents is 1. The Balaban J connectivity index is 1.48. The number of benzene rings is 1. The van der Waals surface area contributed by atoms with Crippen molar-refractivity contribution in [1.82, 2.24) is 14.4 Å². The molecule has 2 aromatic rings. The molecule has 2 aliphatic carbocycles. The maximum atomic E-state index is 13.4. The summed E-state index contributed by atoms with van der Waals surface area (Å²) in [4.78, 5) is 40.8. The van der Waals surface area contributed by atoms with Crippen molar-refractivity contribution in [1.29, 1.82) is 0 Å². The summed E-state index contributed by atoms with van der Waals surface area (Å²) in [5.74, 6) is -0.195. The van der Waals surface area contributed by atoms with Gasteiger partial charge >= 0.3 is 0 Å². The zero-order chi connectivity index (χ0) is 24.1. The van der Waals surface area contributed by atoms with E-state index in [9.17, 15) is 19.7 Å². The van der Waals surface area contributed by atoms with E-state index in [-0.39, 0.29) is 36.1 Å². The van der Waals surface area contributed by atoms with Crippen LogP contribution in [0.4, 0.5) is 5.69 Å². The van der Waals surface area contributed by atoms with Crippen LogP contribution >= 0.6 is 0 Å². The second kappa shape index (κ2) is 10.7. The number of hydrogen-bond donors (Lipinski definition) is 0. The number of hydrogen-bond acceptors (Lipinski definition) is 4. The van der Waals surface area contributed by atoms with E-state index in [0.717, 1.165) is 50.6 Å². The molecule has 0 saturated heterocycles. The summed E-state index contributed by atoms with van der Waals surface area (Å²) in [6, 6.07) is 10.4. The third-order valence-corrected chi connectivity index (χ3v) is 6.82. The zero-order valence-corrected chi connectivity index (χ0v) is 19.6. The fraction of sp³-hybridized carbons (Fsp3) is 0.462. The third-order valence-electron chi connectivity index (χ3n) is 6.82. The Kier molecular flexibility index (Phi) is 7.45. The molecule has 2 fully saturated rings. The maximum absolute atomic E-state index is 13.4. The van der Waals surface area contributed by atoms with Crippen LogP contribution < -0.4 is 0 Å². The summed E-state index contributed by atoms with van der Waals surface area (Å²) in [6.45, 7) is 0.632. The van der Waals surface area contributed by atoms with Crippen LogP contribution in [-0.4, -0.2) is 49.7 Å². The Bertz CT molecular complexity index is 1050. The Morgan fingerprint density at radius 3 is 2.29 bits per heavy atom. The monoisotopic (exact) mass is 464 g/mol. The van der Waals surface area contributed by atoms with Crippen molar-refractivity contribution in [2.24, 2.45) is 7.05 Å². The van der Waals surface area contributed by atoms with E-state index >= 15 is 0 Å². The van der Waals surface area contributed by atoms with Crippen molar-refractivity contribution in [2.75, 3.05) is 6.54 Å². The van der Waals surface area contributed by atoms with Crippen molar-refractivity contribution in [3.05, 3.63) is 70.0 Å². The van der Waals surface area contributed by atoms with Gasteiger partial charge in [0.15, 0.2) is 0 Å². The standard InChI is InChI=1S/C26H32N4O4/c1-27-17-5-8-24(27)18-28(22-14-15-22)26(32)19-29(21-6-3-2-4-7-21)25(31)16-11-20-9-12-23(13-10-20)30(33)34/h5,8-13,16-17,21-22H,2-4,6-7,14-15,18-19H2,1H3/b16-11+. The van der Waals surface area contributed by atoms with Gasteiger partial charge in [0.2, 0.25) is 11.8 Å². The first-order chi connectivity index (χ1) is 16.4. The van der Waals surface area contributed by atoms with Crippen LogP contribution in [-0.2, 0) is 23.2 Å².